The fraction of sp³-hybridized carbons (Fsp3) is 0.583. The number of amides is 2. The number of anilines is 1. The van der Waals surface area contributed by atoms with Crippen LogP contribution in [0.3, 0.4) is 0 Å². The molecule has 6 nitrogen and oxygen atoms in total. The number of fused-ring (bicyclic) bond motifs is 1. The van der Waals surface area contributed by atoms with Gasteiger partial charge in [-0.1, -0.05) is 30.4 Å². The van der Waals surface area contributed by atoms with Crippen LogP contribution in [0.4, 0.5) is 5.69 Å². The van der Waals surface area contributed by atoms with E-state index < -0.39 is 17.4 Å². The van der Waals surface area contributed by atoms with Crippen LogP contribution in [-0.2, 0) is 14.3 Å². The van der Waals surface area contributed by atoms with Gasteiger partial charge in [0, 0.05) is 22.8 Å². The van der Waals surface area contributed by atoms with E-state index in [1.165, 1.54) is 0 Å². The topological polar surface area (TPSA) is 70.7 Å². The summed E-state index contributed by atoms with van der Waals surface area (Å²) in [5.74, 6) is -1.01. The van der Waals surface area contributed by atoms with Crippen molar-refractivity contribution in [1.82, 2.24) is 10.6 Å². The lowest BCUT2D eigenvalue weighted by atomic mass is 9.75. The Labute approximate surface area is 178 Å². The van der Waals surface area contributed by atoms with Crippen LogP contribution in [-0.4, -0.2) is 47.2 Å². The molecule has 2 N–H and O–H groups in total. The second-order valence-electron chi connectivity index (χ2n) is 10.7. The first-order valence-electron chi connectivity index (χ1n) is 10.9. The fourth-order valence-corrected chi connectivity index (χ4v) is 6.35. The average molecular weight is 410 g/mol. The minimum absolute atomic E-state index is 0.0147. The summed E-state index contributed by atoms with van der Waals surface area (Å²) in [7, 11) is 0. The van der Waals surface area contributed by atoms with Gasteiger partial charge in [-0.15, -0.1) is 0 Å². The van der Waals surface area contributed by atoms with Gasteiger partial charge in [0.15, 0.2) is 0 Å². The highest BCUT2D eigenvalue weighted by atomic mass is 16.5. The summed E-state index contributed by atoms with van der Waals surface area (Å²) >= 11 is 0. The molecule has 4 aliphatic heterocycles. The van der Waals surface area contributed by atoms with E-state index in [1.807, 2.05) is 42.5 Å². The maximum Gasteiger partial charge on any atom is 0.234 e. The van der Waals surface area contributed by atoms with E-state index >= 15 is 0 Å². The first kappa shape index (κ1) is 19.8. The Balaban J connectivity index is 1.37. The van der Waals surface area contributed by atoms with E-state index in [2.05, 4.69) is 38.3 Å². The molecule has 160 valence electrons. The number of ether oxygens (including phenoxy) is 1. The lowest BCUT2D eigenvalue weighted by Gasteiger charge is -2.47. The zero-order valence-electron chi connectivity index (χ0n) is 18.1. The van der Waals surface area contributed by atoms with Crippen molar-refractivity contribution < 1.29 is 14.3 Å². The SMILES string of the molecule is CC1(C)CC(NC(=O)[C@H]2[C@H]3C(=O)N(c4ccccc4)C[C@@]34C=C[C@H]2O4)CC(C)(C)N1. The smallest absolute Gasteiger partial charge is 0.234 e. The third-order valence-corrected chi connectivity index (χ3v) is 7.01. The standard InChI is InChI=1S/C24H31N3O3/c1-22(2)12-15(13-23(3,4)26-22)25-20(28)18-17-10-11-24(30-17)14-27(21(29)19(18)24)16-8-6-5-7-9-16/h5-11,15,17-19,26H,12-14H2,1-4H3,(H,25,28)/t17-,18-,19+,24+/m1/s1. The average Bonchev–Trinajstić information content (AvgIpc) is 3.28. The Bertz CT molecular complexity index is 894. The van der Waals surface area contributed by atoms with Crippen molar-refractivity contribution in [2.24, 2.45) is 11.8 Å². The minimum Gasteiger partial charge on any atom is -0.360 e. The molecule has 3 fully saturated rings. The van der Waals surface area contributed by atoms with E-state index in [1.54, 1.807) is 4.90 Å². The maximum absolute atomic E-state index is 13.4. The van der Waals surface area contributed by atoms with Crippen molar-refractivity contribution in [3.8, 4) is 0 Å². The number of para-hydroxylation sites is 1. The highest BCUT2D eigenvalue weighted by molar-refractivity contribution is 6.03. The van der Waals surface area contributed by atoms with Crippen LogP contribution in [0.5, 0.6) is 0 Å². The first-order valence-corrected chi connectivity index (χ1v) is 10.9. The van der Waals surface area contributed by atoms with E-state index in [0.29, 0.717) is 6.54 Å². The van der Waals surface area contributed by atoms with Crippen LogP contribution in [0, 0.1) is 11.8 Å². The lowest BCUT2D eigenvalue weighted by Crippen LogP contribution is -2.62. The van der Waals surface area contributed by atoms with Crippen LogP contribution >= 0.6 is 0 Å². The summed E-state index contributed by atoms with van der Waals surface area (Å²) in [4.78, 5) is 28.6. The molecule has 30 heavy (non-hydrogen) atoms. The van der Waals surface area contributed by atoms with Crippen molar-refractivity contribution in [2.45, 2.75) is 69.4 Å². The van der Waals surface area contributed by atoms with Gasteiger partial charge in [0.05, 0.1) is 24.5 Å². The number of piperidine rings is 1. The molecule has 5 rings (SSSR count). The lowest BCUT2D eigenvalue weighted by molar-refractivity contribution is -0.132. The highest BCUT2D eigenvalue weighted by Gasteiger charge is 2.67. The van der Waals surface area contributed by atoms with Crippen molar-refractivity contribution in [2.75, 3.05) is 11.4 Å². The number of hydrogen-bond acceptors (Lipinski definition) is 4. The van der Waals surface area contributed by atoms with Gasteiger partial charge in [0.25, 0.3) is 0 Å². The number of nitrogens with zero attached hydrogens (tertiary/aromatic N) is 1. The summed E-state index contributed by atoms with van der Waals surface area (Å²) < 4.78 is 6.26. The molecule has 0 unspecified atom stereocenters. The van der Waals surface area contributed by atoms with Crippen LogP contribution < -0.4 is 15.5 Å². The summed E-state index contributed by atoms with van der Waals surface area (Å²) in [6, 6.07) is 9.72. The number of carbonyl (C=O) groups excluding carboxylic acids is 2. The van der Waals surface area contributed by atoms with Crippen LogP contribution in [0.2, 0.25) is 0 Å². The Kier molecular flexibility index (Phi) is 4.22. The number of benzene rings is 1. The van der Waals surface area contributed by atoms with Crippen molar-refractivity contribution in [1.29, 1.82) is 0 Å². The Morgan fingerprint density at radius 3 is 2.47 bits per heavy atom. The van der Waals surface area contributed by atoms with Gasteiger partial charge in [-0.2, -0.15) is 0 Å². The molecule has 4 atom stereocenters. The van der Waals surface area contributed by atoms with Gasteiger partial charge < -0.3 is 20.3 Å². The molecule has 0 radical (unpaired) electrons. The van der Waals surface area contributed by atoms with Gasteiger partial charge in [-0.25, -0.2) is 0 Å². The van der Waals surface area contributed by atoms with Gasteiger partial charge in [0.1, 0.15) is 5.60 Å². The van der Waals surface area contributed by atoms with Gasteiger partial charge in [0.2, 0.25) is 11.8 Å². The van der Waals surface area contributed by atoms with Gasteiger partial charge in [-0.05, 0) is 52.7 Å². The highest BCUT2D eigenvalue weighted by Crippen LogP contribution is 2.52. The minimum atomic E-state index is -0.688. The molecule has 0 aromatic heterocycles. The third kappa shape index (κ3) is 3.08. The molecule has 0 aliphatic carbocycles. The Morgan fingerprint density at radius 1 is 1.13 bits per heavy atom. The first-order chi connectivity index (χ1) is 14.1. The number of nitrogens with one attached hydrogen (secondary N) is 2. The molecule has 1 aromatic rings. The molecule has 1 spiro atoms. The zero-order chi connectivity index (χ0) is 21.3. The normalized spacial score (nSPS) is 36.2. The van der Waals surface area contributed by atoms with E-state index in [-0.39, 0.29) is 35.0 Å². The molecule has 6 heteroatoms. The molecule has 2 amide bonds. The fourth-order valence-electron chi connectivity index (χ4n) is 6.35. The zero-order valence-corrected chi connectivity index (χ0v) is 18.1. The largest absolute Gasteiger partial charge is 0.360 e. The summed E-state index contributed by atoms with van der Waals surface area (Å²) in [6.45, 7) is 9.14. The summed E-state index contributed by atoms with van der Waals surface area (Å²) in [5.41, 5.74) is 0.0536. The molecule has 1 aromatic carbocycles. The van der Waals surface area contributed by atoms with Crippen LogP contribution in [0.15, 0.2) is 42.5 Å². The predicted molar refractivity (Wildman–Crippen MR) is 115 cm³/mol. The second-order valence-corrected chi connectivity index (χ2v) is 10.7. The Hall–Kier alpha value is -2.18. The predicted octanol–water partition coefficient (Wildman–Crippen LogP) is 2.40. The summed E-state index contributed by atoms with van der Waals surface area (Å²) in [5, 5.41) is 6.93. The molecule has 3 saturated heterocycles. The van der Waals surface area contributed by atoms with E-state index in [9.17, 15) is 9.59 Å². The molecule has 0 saturated carbocycles. The summed E-state index contributed by atoms with van der Waals surface area (Å²) in [6.07, 6.45) is 5.37. The van der Waals surface area contributed by atoms with Gasteiger partial charge >= 0.3 is 0 Å². The van der Waals surface area contributed by atoms with Crippen LogP contribution in [0.1, 0.15) is 40.5 Å². The second kappa shape index (κ2) is 6.41. The third-order valence-electron chi connectivity index (χ3n) is 7.01. The van der Waals surface area contributed by atoms with Gasteiger partial charge in [-0.3, -0.25) is 9.59 Å². The van der Waals surface area contributed by atoms with Crippen molar-refractivity contribution in [3.63, 3.8) is 0 Å². The molecule has 4 aliphatic rings. The van der Waals surface area contributed by atoms with Crippen LogP contribution in [0.25, 0.3) is 0 Å². The van der Waals surface area contributed by atoms with E-state index in [0.717, 1.165) is 18.5 Å². The van der Waals surface area contributed by atoms with Crippen molar-refractivity contribution in [3.05, 3.63) is 42.5 Å². The molecule has 2 bridgehead atoms. The maximum atomic E-state index is 13.4. The van der Waals surface area contributed by atoms with E-state index in [4.69, 9.17) is 4.74 Å². The number of hydrogen-bond donors (Lipinski definition) is 2. The number of carbonyl (C=O) groups is 2. The molecule has 4 heterocycles. The van der Waals surface area contributed by atoms with Crippen molar-refractivity contribution >= 4 is 17.5 Å². The molecular formula is C24H31N3O3. The Morgan fingerprint density at radius 2 is 1.80 bits per heavy atom. The monoisotopic (exact) mass is 409 g/mol. The quantitative estimate of drug-likeness (QED) is 0.752. The molecular weight excluding hydrogens is 378 g/mol. The number of rotatable bonds is 3.